The summed E-state index contributed by atoms with van der Waals surface area (Å²) in [7, 11) is 1.64. The van der Waals surface area contributed by atoms with Gasteiger partial charge in [-0.2, -0.15) is 5.10 Å². The maximum atomic E-state index is 12.6. The summed E-state index contributed by atoms with van der Waals surface area (Å²) >= 11 is 5.29. The molecule has 1 aliphatic rings. The third-order valence-corrected chi connectivity index (χ3v) is 4.53. The number of nitrogens with zero attached hydrogens (tertiary/aromatic N) is 3. The van der Waals surface area contributed by atoms with Crippen molar-refractivity contribution in [1.29, 1.82) is 0 Å². The fourth-order valence-corrected chi connectivity index (χ4v) is 3.12. The van der Waals surface area contributed by atoms with E-state index in [0.29, 0.717) is 23.9 Å². The molecular formula is C19H22N4O2S. The highest BCUT2D eigenvalue weighted by Gasteiger charge is 2.29. The van der Waals surface area contributed by atoms with Crippen molar-refractivity contribution in [2.75, 3.05) is 13.7 Å². The number of hydrogen-bond acceptors (Lipinski definition) is 4. The third kappa shape index (κ3) is 3.94. The van der Waals surface area contributed by atoms with Crippen molar-refractivity contribution in [1.82, 2.24) is 20.0 Å². The Morgan fingerprint density at radius 2 is 2.23 bits per heavy atom. The SMILES string of the molecule is CCCCN1C(=O)/C(=C\c2ccc(OC)c(Cn3cccn3)c2)NC1=S. The van der Waals surface area contributed by atoms with E-state index in [0.717, 1.165) is 29.7 Å². The van der Waals surface area contributed by atoms with Gasteiger partial charge in [-0.25, -0.2) is 0 Å². The molecule has 0 saturated carbocycles. The van der Waals surface area contributed by atoms with Crippen molar-refractivity contribution in [3.63, 3.8) is 0 Å². The molecule has 1 N–H and O–H groups in total. The van der Waals surface area contributed by atoms with Crippen molar-refractivity contribution in [2.24, 2.45) is 0 Å². The van der Waals surface area contributed by atoms with E-state index in [1.54, 1.807) is 18.2 Å². The fourth-order valence-electron chi connectivity index (χ4n) is 2.84. The van der Waals surface area contributed by atoms with Gasteiger partial charge in [-0.3, -0.25) is 14.4 Å². The number of rotatable bonds is 7. The molecule has 2 aromatic rings. The summed E-state index contributed by atoms with van der Waals surface area (Å²) in [4.78, 5) is 14.2. The molecule has 0 bridgehead atoms. The van der Waals surface area contributed by atoms with Gasteiger partial charge >= 0.3 is 0 Å². The van der Waals surface area contributed by atoms with Crippen molar-refractivity contribution in [3.05, 3.63) is 53.5 Å². The number of unbranched alkanes of at least 4 members (excludes halogenated alkanes) is 1. The molecule has 1 aromatic heterocycles. The molecule has 0 unspecified atom stereocenters. The summed E-state index contributed by atoms with van der Waals surface area (Å²) < 4.78 is 7.27. The average molecular weight is 370 g/mol. The zero-order chi connectivity index (χ0) is 18.5. The van der Waals surface area contributed by atoms with Gasteiger partial charge in [-0.05, 0) is 48.5 Å². The number of methoxy groups -OCH3 is 1. The Morgan fingerprint density at radius 1 is 1.38 bits per heavy atom. The first-order chi connectivity index (χ1) is 12.6. The first-order valence-corrected chi connectivity index (χ1v) is 9.02. The highest BCUT2D eigenvalue weighted by atomic mass is 32.1. The van der Waals surface area contributed by atoms with Gasteiger partial charge in [0.25, 0.3) is 5.91 Å². The lowest BCUT2D eigenvalue weighted by atomic mass is 10.1. The van der Waals surface area contributed by atoms with E-state index in [1.807, 2.05) is 41.2 Å². The fraction of sp³-hybridized carbons (Fsp3) is 0.316. The van der Waals surface area contributed by atoms with Gasteiger partial charge < -0.3 is 10.1 Å². The molecule has 3 rings (SSSR count). The number of aromatic nitrogens is 2. The highest BCUT2D eigenvalue weighted by Crippen LogP contribution is 2.23. The Hall–Kier alpha value is -2.67. The van der Waals surface area contributed by atoms with Gasteiger partial charge in [0.1, 0.15) is 11.4 Å². The van der Waals surface area contributed by atoms with Crippen LogP contribution in [-0.2, 0) is 11.3 Å². The van der Waals surface area contributed by atoms with Crippen LogP contribution in [0.25, 0.3) is 6.08 Å². The molecule has 1 aromatic carbocycles. The standard InChI is InChI=1S/C19H22N4O2S/c1-3-4-10-23-18(24)16(21-19(23)26)12-14-6-7-17(25-2)15(11-14)13-22-9-5-8-20-22/h5-9,11-12H,3-4,10,13H2,1-2H3,(H,21,26)/b16-12+. The van der Waals surface area contributed by atoms with Crippen molar-refractivity contribution in [3.8, 4) is 5.75 Å². The van der Waals surface area contributed by atoms with E-state index in [4.69, 9.17) is 17.0 Å². The number of benzene rings is 1. The Labute approximate surface area is 158 Å². The topological polar surface area (TPSA) is 59.4 Å². The van der Waals surface area contributed by atoms with Gasteiger partial charge in [0, 0.05) is 24.5 Å². The number of hydrogen-bond donors (Lipinski definition) is 1. The zero-order valence-electron chi connectivity index (χ0n) is 14.9. The molecule has 1 amide bonds. The summed E-state index contributed by atoms with van der Waals surface area (Å²) in [6.07, 6.45) is 7.41. The quantitative estimate of drug-likeness (QED) is 0.600. The minimum Gasteiger partial charge on any atom is -0.496 e. The molecule has 0 atom stereocenters. The van der Waals surface area contributed by atoms with Crippen LogP contribution in [0.3, 0.4) is 0 Å². The number of ether oxygens (including phenoxy) is 1. The number of amides is 1. The Morgan fingerprint density at radius 3 is 2.92 bits per heavy atom. The largest absolute Gasteiger partial charge is 0.496 e. The van der Waals surface area contributed by atoms with E-state index >= 15 is 0 Å². The monoisotopic (exact) mass is 370 g/mol. The van der Waals surface area contributed by atoms with Gasteiger partial charge in [0.15, 0.2) is 5.11 Å². The molecule has 0 radical (unpaired) electrons. The predicted octanol–water partition coefficient (Wildman–Crippen LogP) is 2.80. The number of thiocarbonyl (C=S) groups is 1. The summed E-state index contributed by atoms with van der Waals surface area (Å²) in [5, 5.41) is 7.73. The van der Waals surface area contributed by atoms with E-state index in [-0.39, 0.29) is 5.91 Å². The summed E-state index contributed by atoms with van der Waals surface area (Å²) in [6, 6.07) is 7.70. The summed E-state index contributed by atoms with van der Waals surface area (Å²) in [5.41, 5.74) is 2.40. The molecule has 2 heterocycles. The second-order valence-electron chi connectivity index (χ2n) is 6.07. The van der Waals surface area contributed by atoms with E-state index in [2.05, 4.69) is 17.3 Å². The van der Waals surface area contributed by atoms with Crippen LogP contribution in [0.15, 0.2) is 42.4 Å². The second kappa shape index (κ2) is 8.14. The first kappa shape index (κ1) is 18.1. The lowest BCUT2D eigenvalue weighted by Crippen LogP contribution is -2.31. The maximum absolute atomic E-state index is 12.6. The van der Waals surface area contributed by atoms with Crippen LogP contribution >= 0.6 is 12.2 Å². The second-order valence-corrected chi connectivity index (χ2v) is 6.46. The van der Waals surface area contributed by atoms with Crippen molar-refractivity contribution < 1.29 is 9.53 Å². The Bertz CT molecular complexity index is 830. The molecule has 1 aliphatic heterocycles. The molecule has 1 fully saturated rings. The Kier molecular flexibility index (Phi) is 5.68. The summed E-state index contributed by atoms with van der Waals surface area (Å²) in [6.45, 7) is 3.33. The number of carbonyl (C=O) groups excluding carboxylic acids is 1. The van der Waals surface area contributed by atoms with Gasteiger partial charge in [-0.15, -0.1) is 0 Å². The van der Waals surface area contributed by atoms with Gasteiger partial charge in [-0.1, -0.05) is 19.4 Å². The Balaban J connectivity index is 1.84. The summed E-state index contributed by atoms with van der Waals surface area (Å²) in [5.74, 6) is 0.710. The molecule has 6 nitrogen and oxygen atoms in total. The predicted molar refractivity (Wildman–Crippen MR) is 105 cm³/mol. The zero-order valence-corrected chi connectivity index (χ0v) is 15.8. The van der Waals surface area contributed by atoms with E-state index < -0.39 is 0 Å². The van der Waals surface area contributed by atoms with Crippen LogP contribution in [0.1, 0.15) is 30.9 Å². The lowest BCUT2D eigenvalue weighted by Gasteiger charge is -2.12. The van der Waals surface area contributed by atoms with Crippen LogP contribution in [0.5, 0.6) is 5.75 Å². The van der Waals surface area contributed by atoms with Crippen LogP contribution in [0, 0.1) is 0 Å². The molecule has 26 heavy (non-hydrogen) atoms. The lowest BCUT2D eigenvalue weighted by molar-refractivity contribution is -0.122. The van der Waals surface area contributed by atoms with E-state index in [9.17, 15) is 4.79 Å². The minimum atomic E-state index is -0.0760. The molecule has 0 spiro atoms. The maximum Gasteiger partial charge on any atom is 0.276 e. The molecular weight excluding hydrogens is 348 g/mol. The smallest absolute Gasteiger partial charge is 0.276 e. The van der Waals surface area contributed by atoms with E-state index in [1.165, 1.54) is 0 Å². The van der Waals surface area contributed by atoms with Crippen LogP contribution in [0.2, 0.25) is 0 Å². The van der Waals surface area contributed by atoms with Crippen molar-refractivity contribution >= 4 is 29.3 Å². The molecule has 0 aliphatic carbocycles. The van der Waals surface area contributed by atoms with Gasteiger partial charge in [0.05, 0.1) is 13.7 Å². The van der Waals surface area contributed by atoms with Gasteiger partial charge in [0.2, 0.25) is 0 Å². The third-order valence-electron chi connectivity index (χ3n) is 4.20. The van der Waals surface area contributed by atoms with Crippen LogP contribution in [0.4, 0.5) is 0 Å². The first-order valence-electron chi connectivity index (χ1n) is 8.61. The van der Waals surface area contributed by atoms with Crippen LogP contribution < -0.4 is 10.1 Å². The van der Waals surface area contributed by atoms with Crippen LogP contribution in [-0.4, -0.2) is 39.4 Å². The molecule has 1 saturated heterocycles. The number of carbonyl (C=O) groups is 1. The molecule has 7 heteroatoms. The normalized spacial score (nSPS) is 15.6. The van der Waals surface area contributed by atoms with Crippen molar-refractivity contribution in [2.45, 2.75) is 26.3 Å². The number of nitrogens with one attached hydrogen (secondary N) is 1. The highest BCUT2D eigenvalue weighted by molar-refractivity contribution is 7.80. The average Bonchev–Trinajstić information content (AvgIpc) is 3.23. The minimum absolute atomic E-state index is 0.0760. The molecule has 136 valence electrons.